The van der Waals surface area contributed by atoms with E-state index in [-0.39, 0.29) is 11.3 Å². The number of benzene rings is 3. The third kappa shape index (κ3) is 2.74. The molecule has 0 unspecified atom stereocenters. The average Bonchev–Trinajstić information content (AvgIpc) is 2.48. The van der Waals surface area contributed by atoms with Crippen LogP contribution >= 0.6 is 15.9 Å². The minimum absolute atomic E-state index is 0.0894. The van der Waals surface area contributed by atoms with Crippen molar-refractivity contribution in [3.63, 3.8) is 0 Å². The van der Waals surface area contributed by atoms with Crippen molar-refractivity contribution in [1.82, 2.24) is 0 Å². The van der Waals surface area contributed by atoms with E-state index in [4.69, 9.17) is 10.00 Å². The number of ether oxygens (including phenoxy) is 1. The maximum atomic E-state index is 13.5. The van der Waals surface area contributed by atoms with Gasteiger partial charge < -0.3 is 4.74 Å². The van der Waals surface area contributed by atoms with Gasteiger partial charge in [-0.25, -0.2) is 4.39 Å². The quantitative estimate of drug-likeness (QED) is 0.624. The highest BCUT2D eigenvalue weighted by molar-refractivity contribution is 9.10. The summed E-state index contributed by atoms with van der Waals surface area (Å²) < 4.78 is 20.2. The van der Waals surface area contributed by atoms with Crippen molar-refractivity contribution >= 4 is 26.7 Å². The van der Waals surface area contributed by atoms with Gasteiger partial charge in [0, 0.05) is 4.47 Å². The van der Waals surface area contributed by atoms with Gasteiger partial charge in [-0.15, -0.1) is 0 Å². The molecule has 3 aromatic carbocycles. The van der Waals surface area contributed by atoms with Crippen molar-refractivity contribution in [2.45, 2.75) is 0 Å². The highest BCUT2D eigenvalue weighted by Gasteiger charge is 2.10. The Hall–Kier alpha value is -2.38. The highest BCUT2D eigenvalue weighted by atomic mass is 79.9. The van der Waals surface area contributed by atoms with E-state index in [9.17, 15) is 4.39 Å². The lowest BCUT2D eigenvalue weighted by Gasteiger charge is -2.09. The second-order valence-electron chi connectivity index (χ2n) is 4.48. The molecule has 0 bridgehead atoms. The zero-order valence-electron chi connectivity index (χ0n) is 10.8. The van der Waals surface area contributed by atoms with Crippen LogP contribution in [0.4, 0.5) is 4.39 Å². The third-order valence-corrected chi connectivity index (χ3v) is 3.58. The van der Waals surface area contributed by atoms with Gasteiger partial charge in [-0.2, -0.15) is 5.26 Å². The van der Waals surface area contributed by atoms with E-state index in [1.807, 2.05) is 36.4 Å². The number of fused-ring (bicyclic) bond motifs is 1. The lowest BCUT2D eigenvalue weighted by molar-refractivity contribution is 0.475. The van der Waals surface area contributed by atoms with E-state index < -0.39 is 5.82 Å². The first-order chi connectivity index (χ1) is 10.2. The summed E-state index contributed by atoms with van der Waals surface area (Å²) in [4.78, 5) is 0. The minimum atomic E-state index is -0.584. The Morgan fingerprint density at radius 2 is 1.76 bits per heavy atom. The van der Waals surface area contributed by atoms with Gasteiger partial charge in [-0.1, -0.05) is 34.1 Å². The Bertz CT molecular complexity index is 870. The van der Waals surface area contributed by atoms with E-state index in [1.54, 1.807) is 12.1 Å². The van der Waals surface area contributed by atoms with Crippen LogP contribution < -0.4 is 4.74 Å². The van der Waals surface area contributed by atoms with Crippen molar-refractivity contribution in [1.29, 1.82) is 5.26 Å². The number of halogens is 2. The Balaban J connectivity index is 2.01. The fourth-order valence-electron chi connectivity index (χ4n) is 2.08. The molecule has 0 saturated heterocycles. The second-order valence-corrected chi connectivity index (χ2v) is 5.40. The summed E-state index contributed by atoms with van der Waals surface area (Å²) in [5, 5.41) is 11.1. The fraction of sp³-hybridized carbons (Fsp3) is 0. The van der Waals surface area contributed by atoms with Crippen LogP contribution in [-0.2, 0) is 0 Å². The van der Waals surface area contributed by atoms with Crippen molar-refractivity contribution < 1.29 is 9.13 Å². The zero-order chi connectivity index (χ0) is 14.8. The smallest absolute Gasteiger partial charge is 0.148 e. The predicted molar refractivity (Wildman–Crippen MR) is 82.8 cm³/mol. The molecule has 0 heterocycles. The molecule has 0 spiro atoms. The minimum Gasteiger partial charge on any atom is -0.456 e. The maximum absolute atomic E-state index is 13.5. The molecule has 0 radical (unpaired) electrons. The number of nitriles is 1. The predicted octanol–water partition coefficient (Wildman–Crippen LogP) is 5.41. The van der Waals surface area contributed by atoms with Gasteiger partial charge in [0.25, 0.3) is 0 Å². The standard InChI is InChI=1S/C17H9BrFNO/c18-13-6-4-12-9-14(7-5-11(12)8-13)21-17-3-1-2-16(19)15(17)10-20/h1-9H. The molecular weight excluding hydrogens is 333 g/mol. The Morgan fingerprint density at radius 1 is 1.00 bits per heavy atom. The lowest BCUT2D eigenvalue weighted by Crippen LogP contribution is -1.91. The Morgan fingerprint density at radius 3 is 2.57 bits per heavy atom. The number of rotatable bonds is 2. The molecule has 3 rings (SSSR count). The lowest BCUT2D eigenvalue weighted by atomic mass is 10.1. The van der Waals surface area contributed by atoms with Crippen LogP contribution in [0.1, 0.15) is 5.56 Å². The zero-order valence-corrected chi connectivity index (χ0v) is 12.4. The normalized spacial score (nSPS) is 10.3. The van der Waals surface area contributed by atoms with Gasteiger partial charge in [0.1, 0.15) is 28.9 Å². The molecule has 3 aromatic rings. The molecule has 21 heavy (non-hydrogen) atoms. The van der Waals surface area contributed by atoms with Gasteiger partial charge in [0.15, 0.2) is 0 Å². The van der Waals surface area contributed by atoms with Crippen molar-refractivity contribution in [2.24, 2.45) is 0 Å². The van der Waals surface area contributed by atoms with Crippen LogP contribution in [0.15, 0.2) is 59.1 Å². The molecule has 4 heteroatoms. The summed E-state index contributed by atoms with van der Waals surface area (Å²) in [5.74, 6) is 0.195. The van der Waals surface area contributed by atoms with Crippen LogP contribution in [0.2, 0.25) is 0 Å². The first-order valence-corrected chi connectivity index (χ1v) is 7.02. The van der Waals surface area contributed by atoms with Gasteiger partial charge in [-0.05, 0) is 47.2 Å². The maximum Gasteiger partial charge on any atom is 0.148 e. The number of nitrogens with zero attached hydrogens (tertiary/aromatic N) is 1. The first-order valence-electron chi connectivity index (χ1n) is 6.23. The molecule has 0 aromatic heterocycles. The number of hydrogen-bond donors (Lipinski definition) is 0. The molecule has 0 aliphatic heterocycles. The summed E-state index contributed by atoms with van der Waals surface area (Å²) in [6.07, 6.45) is 0. The average molecular weight is 342 g/mol. The largest absolute Gasteiger partial charge is 0.456 e. The molecular formula is C17H9BrFNO. The van der Waals surface area contributed by atoms with Crippen LogP contribution in [-0.4, -0.2) is 0 Å². The van der Waals surface area contributed by atoms with E-state index in [0.29, 0.717) is 5.75 Å². The van der Waals surface area contributed by atoms with Crippen molar-refractivity contribution in [3.05, 3.63) is 70.5 Å². The molecule has 102 valence electrons. The molecule has 0 aliphatic carbocycles. The van der Waals surface area contributed by atoms with Crippen LogP contribution in [0.25, 0.3) is 10.8 Å². The number of hydrogen-bond acceptors (Lipinski definition) is 2. The monoisotopic (exact) mass is 341 g/mol. The van der Waals surface area contributed by atoms with E-state index in [2.05, 4.69) is 15.9 Å². The first kappa shape index (κ1) is 13.6. The van der Waals surface area contributed by atoms with Gasteiger partial charge >= 0.3 is 0 Å². The van der Waals surface area contributed by atoms with Gasteiger partial charge in [0.05, 0.1) is 0 Å². The van der Waals surface area contributed by atoms with E-state index in [0.717, 1.165) is 15.2 Å². The SMILES string of the molecule is N#Cc1c(F)cccc1Oc1ccc2cc(Br)ccc2c1. The molecule has 0 saturated carbocycles. The summed E-state index contributed by atoms with van der Waals surface area (Å²) in [6, 6.07) is 17.6. The fourth-order valence-corrected chi connectivity index (χ4v) is 2.46. The van der Waals surface area contributed by atoms with Gasteiger partial charge in [0.2, 0.25) is 0 Å². The van der Waals surface area contributed by atoms with Crippen molar-refractivity contribution in [3.8, 4) is 17.6 Å². The van der Waals surface area contributed by atoms with Crippen LogP contribution in [0, 0.1) is 17.1 Å². The topological polar surface area (TPSA) is 33.0 Å². The molecule has 2 nitrogen and oxygen atoms in total. The molecule has 0 aliphatic rings. The summed E-state index contributed by atoms with van der Waals surface area (Å²) in [6.45, 7) is 0. The second kappa shape index (κ2) is 5.55. The van der Waals surface area contributed by atoms with Crippen molar-refractivity contribution in [2.75, 3.05) is 0 Å². The van der Waals surface area contributed by atoms with Gasteiger partial charge in [-0.3, -0.25) is 0 Å². The Labute approximate surface area is 129 Å². The summed E-state index contributed by atoms with van der Waals surface area (Å²) in [5.41, 5.74) is -0.0894. The van der Waals surface area contributed by atoms with E-state index >= 15 is 0 Å². The van der Waals surface area contributed by atoms with Crippen LogP contribution in [0.3, 0.4) is 0 Å². The molecule has 0 fully saturated rings. The third-order valence-electron chi connectivity index (χ3n) is 3.09. The molecule has 0 N–H and O–H groups in total. The molecule has 0 amide bonds. The molecule has 0 atom stereocenters. The van der Waals surface area contributed by atoms with Crippen LogP contribution in [0.5, 0.6) is 11.5 Å². The Kier molecular flexibility index (Phi) is 3.59. The highest BCUT2D eigenvalue weighted by Crippen LogP contribution is 2.29. The summed E-state index contributed by atoms with van der Waals surface area (Å²) in [7, 11) is 0. The van der Waals surface area contributed by atoms with E-state index in [1.165, 1.54) is 12.1 Å². The summed E-state index contributed by atoms with van der Waals surface area (Å²) >= 11 is 3.42.